The second kappa shape index (κ2) is 12.0. The van der Waals surface area contributed by atoms with Gasteiger partial charge in [-0.15, -0.1) is 0 Å². The number of hydrogen-bond acceptors (Lipinski definition) is 2. The van der Waals surface area contributed by atoms with Crippen LogP contribution in [0.3, 0.4) is 0 Å². The molecule has 0 heterocycles. The van der Waals surface area contributed by atoms with Gasteiger partial charge in [0.25, 0.3) is 0 Å². The summed E-state index contributed by atoms with van der Waals surface area (Å²) in [6.45, 7) is 5.25. The Morgan fingerprint density at radius 3 is 2.08 bits per heavy atom. The van der Waals surface area contributed by atoms with E-state index in [0.29, 0.717) is 12.7 Å². The van der Waals surface area contributed by atoms with Crippen molar-refractivity contribution in [1.29, 1.82) is 5.26 Å². The third-order valence-electron chi connectivity index (χ3n) is 7.10. The maximum Gasteiger partial charge on any atom is 0.0807 e. The first-order chi connectivity index (χ1) is 12.7. The van der Waals surface area contributed by atoms with Gasteiger partial charge in [-0.2, -0.15) is 5.26 Å². The van der Waals surface area contributed by atoms with Gasteiger partial charge in [0.15, 0.2) is 0 Å². The molecular weight excluding hydrogens is 318 g/mol. The summed E-state index contributed by atoms with van der Waals surface area (Å²) >= 11 is 0. The fraction of sp³-hybridized carbons (Fsp3) is 0.958. The van der Waals surface area contributed by atoms with Crippen LogP contribution in [-0.4, -0.2) is 12.7 Å². The van der Waals surface area contributed by atoms with E-state index in [4.69, 9.17) is 4.74 Å². The largest absolute Gasteiger partial charge is 0.377 e. The second-order valence-electron chi connectivity index (χ2n) is 9.28. The van der Waals surface area contributed by atoms with Crippen LogP contribution in [0.15, 0.2) is 0 Å². The lowest BCUT2D eigenvalue weighted by atomic mass is 9.71. The van der Waals surface area contributed by atoms with E-state index in [1.807, 2.05) is 0 Å². The summed E-state index contributed by atoms with van der Waals surface area (Å²) in [5.41, 5.74) is -0.180. The van der Waals surface area contributed by atoms with Crippen molar-refractivity contribution in [2.24, 2.45) is 17.3 Å². The number of rotatable bonds is 11. The molecule has 0 N–H and O–H groups in total. The Bertz CT molecular complexity index is 397. The molecule has 2 aliphatic rings. The van der Waals surface area contributed by atoms with Gasteiger partial charge in [-0.1, -0.05) is 65.2 Å². The zero-order valence-corrected chi connectivity index (χ0v) is 17.6. The summed E-state index contributed by atoms with van der Waals surface area (Å²) in [6.07, 6.45) is 21.2. The highest BCUT2D eigenvalue weighted by atomic mass is 16.5. The molecule has 0 spiro atoms. The molecule has 2 heteroatoms. The number of nitriles is 1. The van der Waals surface area contributed by atoms with Crippen molar-refractivity contribution in [2.45, 2.75) is 123 Å². The zero-order valence-electron chi connectivity index (χ0n) is 17.6. The van der Waals surface area contributed by atoms with Crippen LogP contribution < -0.4 is 0 Å². The Morgan fingerprint density at radius 1 is 0.808 bits per heavy atom. The van der Waals surface area contributed by atoms with E-state index in [0.717, 1.165) is 24.7 Å². The molecule has 2 aliphatic carbocycles. The van der Waals surface area contributed by atoms with Gasteiger partial charge < -0.3 is 4.74 Å². The van der Waals surface area contributed by atoms with Crippen molar-refractivity contribution in [3.8, 4) is 6.07 Å². The van der Waals surface area contributed by atoms with Crippen molar-refractivity contribution in [2.75, 3.05) is 6.61 Å². The van der Waals surface area contributed by atoms with E-state index in [2.05, 4.69) is 19.9 Å². The number of ether oxygens (including phenoxy) is 1. The molecule has 0 unspecified atom stereocenters. The van der Waals surface area contributed by atoms with Gasteiger partial charge in [-0.25, -0.2) is 0 Å². The molecule has 0 amide bonds. The predicted octanol–water partition coefficient (Wildman–Crippen LogP) is 7.42. The van der Waals surface area contributed by atoms with Crippen molar-refractivity contribution in [3.63, 3.8) is 0 Å². The van der Waals surface area contributed by atoms with Crippen LogP contribution in [0.5, 0.6) is 0 Å². The molecule has 0 aromatic heterocycles. The summed E-state index contributed by atoms with van der Waals surface area (Å²) < 4.78 is 6.30. The quantitative estimate of drug-likeness (QED) is 0.359. The Kier molecular flexibility index (Phi) is 10.1. The summed E-state index contributed by atoms with van der Waals surface area (Å²) in [4.78, 5) is 0. The minimum absolute atomic E-state index is 0.180. The number of hydrogen-bond donors (Lipinski definition) is 0. The molecule has 150 valence electrons. The fourth-order valence-corrected chi connectivity index (χ4v) is 5.12. The lowest BCUT2D eigenvalue weighted by Crippen LogP contribution is -2.33. The molecule has 0 aromatic rings. The number of nitrogens with zero attached hydrogens (tertiary/aromatic N) is 1. The van der Waals surface area contributed by atoms with Crippen molar-refractivity contribution >= 4 is 0 Å². The van der Waals surface area contributed by atoms with Gasteiger partial charge in [0.1, 0.15) is 0 Å². The van der Waals surface area contributed by atoms with Gasteiger partial charge in [0, 0.05) is 0 Å². The number of unbranched alkanes of at least 4 members (excludes halogenated alkanes) is 4. The topological polar surface area (TPSA) is 33.0 Å². The summed E-state index contributed by atoms with van der Waals surface area (Å²) in [5, 5.41) is 9.76. The van der Waals surface area contributed by atoms with Gasteiger partial charge in [-0.3, -0.25) is 0 Å². The van der Waals surface area contributed by atoms with Crippen LogP contribution in [0.2, 0.25) is 0 Å². The highest BCUT2D eigenvalue weighted by Crippen LogP contribution is 2.41. The van der Waals surface area contributed by atoms with E-state index >= 15 is 0 Å². The molecular formula is C24H43NO. The lowest BCUT2D eigenvalue weighted by Gasteiger charge is -2.37. The molecule has 0 radical (unpaired) electrons. The maximum absolute atomic E-state index is 9.76. The molecule has 0 aliphatic heterocycles. The standard InChI is InChI=1S/C24H43NO/c1-3-5-6-7-8-10-22-11-13-23(14-12-22)26-20-24(19-25)17-15-21(9-4-2)16-18-24/h21-23H,3-18,20H2,1-2H3/t21-,22-,23-,24+. The zero-order chi connectivity index (χ0) is 18.7. The summed E-state index contributed by atoms with van der Waals surface area (Å²) in [7, 11) is 0. The monoisotopic (exact) mass is 361 g/mol. The molecule has 0 bridgehead atoms. The highest BCUT2D eigenvalue weighted by Gasteiger charge is 2.36. The lowest BCUT2D eigenvalue weighted by molar-refractivity contribution is -0.0299. The fourth-order valence-electron chi connectivity index (χ4n) is 5.12. The van der Waals surface area contributed by atoms with Crippen molar-refractivity contribution in [1.82, 2.24) is 0 Å². The second-order valence-corrected chi connectivity index (χ2v) is 9.28. The van der Waals surface area contributed by atoms with E-state index in [-0.39, 0.29) is 5.41 Å². The minimum atomic E-state index is -0.180. The van der Waals surface area contributed by atoms with Crippen LogP contribution in [0, 0.1) is 28.6 Å². The molecule has 0 saturated heterocycles. The molecule has 0 atom stereocenters. The first-order valence-corrected chi connectivity index (χ1v) is 11.7. The van der Waals surface area contributed by atoms with Crippen molar-refractivity contribution < 1.29 is 4.74 Å². The van der Waals surface area contributed by atoms with Crippen molar-refractivity contribution in [3.05, 3.63) is 0 Å². The molecule has 0 aromatic carbocycles. The molecule has 2 fully saturated rings. The average molecular weight is 362 g/mol. The Hall–Kier alpha value is -0.550. The van der Waals surface area contributed by atoms with E-state index in [9.17, 15) is 5.26 Å². The Labute approximate surface area is 163 Å². The van der Waals surface area contributed by atoms with Crippen LogP contribution in [0.4, 0.5) is 0 Å². The van der Waals surface area contributed by atoms with E-state index < -0.39 is 0 Å². The summed E-state index contributed by atoms with van der Waals surface area (Å²) in [6, 6.07) is 2.65. The highest BCUT2D eigenvalue weighted by molar-refractivity contribution is 5.02. The minimum Gasteiger partial charge on any atom is -0.377 e. The summed E-state index contributed by atoms with van der Waals surface area (Å²) in [5.74, 6) is 1.79. The van der Waals surface area contributed by atoms with E-state index in [1.165, 1.54) is 89.9 Å². The predicted molar refractivity (Wildman–Crippen MR) is 110 cm³/mol. The first kappa shape index (κ1) is 21.7. The third-order valence-corrected chi connectivity index (χ3v) is 7.10. The van der Waals surface area contributed by atoms with Gasteiger partial charge in [-0.05, 0) is 63.2 Å². The van der Waals surface area contributed by atoms with Gasteiger partial charge in [0.2, 0.25) is 0 Å². The smallest absolute Gasteiger partial charge is 0.0807 e. The van der Waals surface area contributed by atoms with Crippen LogP contribution >= 0.6 is 0 Å². The molecule has 26 heavy (non-hydrogen) atoms. The average Bonchev–Trinajstić information content (AvgIpc) is 2.69. The third kappa shape index (κ3) is 7.22. The van der Waals surface area contributed by atoms with E-state index in [1.54, 1.807) is 0 Å². The first-order valence-electron chi connectivity index (χ1n) is 11.7. The molecule has 2 nitrogen and oxygen atoms in total. The SMILES string of the molecule is CCCCCCC[C@H]1CC[C@H](OC[C@]2(C#N)CC[C@H](CCC)CC2)CC1. The molecule has 2 rings (SSSR count). The normalized spacial score (nSPS) is 32.3. The maximum atomic E-state index is 9.76. The van der Waals surface area contributed by atoms with Gasteiger partial charge >= 0.3 is 0 Å². The molecule has 2 saturated carbocycles. The van der Waals surface area contributed by atoms with Gasteiger partial charge in [0.05, 0.1) is 24.2 Å². The Balaban J connectivity index is 1.61. The van der Waals surface area contributed by atoms with Crippen LogP contribution in [0.1, 0.15) is 117 Å². The van der Waals surface area contributed by atoms with Crippen LogP contribution in [0.25, 0.3) is 0 Å². The Morgan fingerprint density at radius 2 is 1.46 bits per heavy atom. The van der Waals surface area contributed by atoms with Crippen LogP contribution in [-0.2, 0) is 4.74 Å².